The molecule has 1 N–H and O–H groups in total. The number of carbonyl (C=O) groups excluding carboxylic acids is 1. The van der Waals surface area contributed by atoms with Gasteiger partial charge in [0.15, 0.2) is 0 Å². The number of ether oxygens (including phenoxy) is 1. The van der Waals surface area contributed by atoms with E-state index in [4.69, 9.17) is 9.72 Å². The van der Waals surface area contributed by atoms with E-state index >= 15 is 0 Å². The van der Waals surface area contributed by atoms with Crippen LogP contribution in [0.5, 0.6) is 11.5 Å². The van der Waals surface area contributed by atoms with Gasteiger partial charge in [-0.2, -0.15) is 0 Å². The Morgan fingerprint density at radius 1 is 0.816 bits per heavy atom. The largest absolute Gasteiger partial charge is 0.457 e. The van der Waals surface area contributed by atoms with Crippen molar-refractivity contribution < 1.29 is 9.53 Å². The summed E-state index contributed by atoms with van der Waals surface area (Å²) >= 11 is 0. The minimum Gasteiger partial charge on any atom is -0.457 e. The predicted octanol–water partition coefficient (Wildman–Crippen LogP) is 9.00. The van der Waals surface area contributed by atoms with Gasteiger partial charge in [0.2, 0.25) is 0 Å². The zero-order valence-electron chi connectivity index (χ0n) is 22.5. The molecule has 0 atom stereocenters. The Kier molecular flexibility index (Phi) is 6.97. The third-order valence-electron chi connectivity index (χ3n) is 6.69. The number of pyridine rings is 1. The van der Waals surface area contributed by atoms with E-state index in [0.29, 0.717) is 17.2 Å². The van der Waals surface area contributed by atoms with Crippen LogP contribution in [0, 0.1) is 20.8 Å². The van der Waals surface area contributed by atoms with Crippen molar-refractivity contribution in [2.75, 3.05) is 5.32 Å². The Morgan fingerprint density at radius 2 is 1.55 bits per heavy atom. The number of hydrogen-bond donors (Lipinski definition) is 1. The van der Waals surface area contributed by atoms with Crippen LogP contribution in [-0.2, 0) is 0 Å². The maximum Gasteiger partial charge on any atom is 0.256 e. The highest BCUT2D eigenvalue weighted by Gasteiger charge is 2.16. The number of amides is 1. The van der Waals surface area contributed by atoms with E-state index in [1.807, 2.05) is 80.6 Å². The van der Waals surface area contributed by atoms with Gasteiger partial charge in [0, 0.05) is 16.6 Å². The Balaban J connectivity index is 1.45. The smallest absolute Gasteiger partial charge is 0.256 e. The lowest BCUT2D eigenvalue weighted by Crippen LogP contribution is -2.13. The molecule has 0 saturated carbocycles. The summed E-state index contributed by atoms with van der Waals surface area (Å²) in [6.07, 6.45) is 0. The van der Waals surface area contributed by atoms with Gasteiger partial charge in [-0.25, -0.2) is 4.98 Å². The fourth-order valence-electron chi connectivity index (χ4n) is 4.76. The normalized spacial score (nSPS) is 11.1. The number of fused-ring (bicyclic) bond motifs is 1. The maximum atomic E-state index is 13.6. The van der Waals surface area contributed by atoms with Crippen LogP contribution in [0.2, 0.25) is 0 Å². The molecule has 0 radical (unpaired) electrons. The molecule has 5 rings (SSSR count). The second kappa shape index (κ2) is 10.5. The lowest BCUT2D eigenvalue weighted by molar-refractivity contribution is 0.102. The van der Waals surface area contributed by atoms with Gasteiger partial charge >= 0.3 is 0 Å². The SMILES string of the molecule is Cc1ccc(C(C)C)c(Oc2ccc(NC(=O)c3cc(-c4ccccc4)nc4c(C)cc(C)cc34)cc2)c1. The van der Waals surface area contributed by atoms with Gasteiger partial charge in [0.25, 0.3) is 5.91 Å². The van der Waals surface area contributed by atoms with Crippen LogP contribution in [0.25, 0.3) is 22.2 Å². The topological polar surface area (TPSA) is 51.2 Å². The minimum absolute atomic E-state index is 0.172. The van der Waals surface area contributed by atoms with Crippen molar-refractivity contribution in [2.45, 2.75) is 40.5 Å². The van der Waals surface area contributed by atoms with E-state index < -0.39 is 0 Å². The van der Waals surface area contributed by atoms with Crippen molar-refractivity contribution in [1.29, 1.82) is 0 Å². The van der Waals surface area contributed by atoms with Gasteiger partial charge < -0.3 is 10.1 Å². The average molecular weight is 501 g/mol. The summed E-state index contributed by atoms with van der Waals surface area (Å²) in [5, 5.41) is 3.92. The summed E-state index contributed by atoms with van der Waals surface area (Å²) in [4.78, 5) is 18.5. The van der Waals surface area contributed by atoms with Crippen LogP contribution in [0.15, 0.2) is 91.0 Å². The van der Waals surface area contributed by atoms with Crippen LogP contribution >= 0.6 is 0 Å². The molecule has 1 heterocycles. The number of benzene rings is 4. The lowest BCUT2D eigenvalue weighted by Gasteiger charge is -2.15. The van der Waals surface area contributed by atoms with Gasteiger partial charge in [0.1, 0.15) is 11.5 Å². The zero-order chi connectivity index (χ0) is 26.8. The first kappa shape index (κ1) is 25.2. The monoisotopic (exact) mass is 500 g/mol. The first-order chi connectivity index (χ1) is 18.3. The number of anilines is 1. The summed E-state index contributed by atoms with van der Waals surface area (Å²) in [6.45, 7) is 10.5. The highest BCUT2D eigenvalue weighted by atomic mass is 16.5. The highest BCUT2D eigenvalue weighted by molar-refractivity contribution is 6.13. The molecule has 4 aromatic carbocycles. The first-order valence-corrected chi connectivity index (χ1v) is 13.0. The Hall–Kier alpha value is -4.44. The number of rotatable bonds is 6. The molecule has 1 aromatic heterocycles. The van der Waals surface area contributed by atoms with Crippen LogP contribution < -0.4 is 10.1 Å². The standard InChI is InChI=1S/C34H32N2O2/c1-21(2)28-16-11-22(3)19-32(28)38-27-14-12-26(13-15-27)35-34(37)30-20-31(25-9-7-6-8-10-25)36-33-24(5)17-23(4)18-29(30)33/h6-21H,1-5H3,(H,35,37). The van der Waals surface area contributed by atoms with Crippen molar-refractivity contribution in [3.63, 3.8) is 0 Å². The van der Waals surface area contributed by atoms with Gasteiger partial charge in [-0.15, -0.1) is 0 Å². The fraction of sp³-hybridized carbons (Fsp3) is 0.176. The molecule has 4 nitrogen and oxygen atoms in total. The summed E-state index contributed by atoms with van der Waals surface area (Å²) < 4.78 is 6.22. The molecule has 38 heavy (non-hydrogen) atoms. The van der Waals surface area contributed by atoms with E-state index in [0.717, 1.165) is 55.9 Å². The Labute approximate surface area is 224 Å². The van der Waals surface area contributed by atoms with Crippen LogP contribution in [0.3, 0.4) is 0 Å². The van der Waals surface area contributed by atoms with Crippen LogP contribution in [-0.4, -0.2) is 10.9 Å². The fourth-order valence-corrected chi connectivity index (χ4v) is 4.76. The zero-order valence-corrected chi connectivity index (χ0v) is 22.5. The average Bonchev–Trinajstić information content (AvgIpc) is 2.89. The summed E-state index contributed by atoms with van der Waals surface area (Å²) in [5.41, 5.74) is 8.34. The molecule has 0 saturated heterocycles. The molecule has 190 valence electrons. The number of carbonyl (C=O) groups is 1. The Morgan fingerprint density at radius 3 is 2.26 bits per heavy atom. The van der Waals surface area contributed by atoms with Gasteiger partial charge in [-0.1, -0.05) is 67.9 Å². The molecule has 4 heteroatoms. The van der Waals surface area contributed by atoms with E-state index in [-0.39, 0.29) is 5.91 Å². The van der Waals surface area contributed by atoms with E-state index in [1.165, 1.54) is 0 Å². The molecule has 0 aliphatic carbocycles. The number of nitrogens with one attached hydrogen (secondary N) is 1. The van der Waals surface area contributed by atoms with Crippen molar-refractivity contribution in [3.8, 4) is 22.8 Å². The first-order valence-electron chi connectivity index (χ1n) is 13.0. The second-order valence-electron chi connectivity index (χ2n) is 10.2. The Bertz CT molecular complexity index is 1620. The van der Waals surface area contributed by atoms with Gasteiger partial charge in [-0.3, -0.25) is 4.79 Å². The third-order valence-corrected chi connectivity index (χ3v) is 6.69. The van der Waals surface area contributed by atoms with Crippen molar-refractivity contribution in [3.05, 3.63) is 119 Å². The third kappa shape index (κ3) is 5.30. The number of nitrogens with zero attached hydrogens (tertiary/aromatic N) is 1. The van der Waals surface area contributed by atoms with Crippen LogP contribution in [0.4, 0.5) is 5.69 Å². The highest BCUT2D eigenvalue weighted by Crippen LogP contribution is 2.33. The molecule has 1 amide bonds. The van der Waals surface area contributed by atoms with E-state index in [2.05, 4.69) is 50.4 Å². The minimum atomic E-state index is -0.172. The number of aryl methyl sites for hydroxylation is 3. The molecule has 0 bridgehead atoms. The molecule has 5 aromatic rings. The summed E-state index contributed by atoms with van der Waals surface area (Å²) in [5.74, 6) is 1.77. The molecule has 0 unspecified atom stereocenters. The van der Waals surface area contributed by atoms with Crippen LogP contribution in [0.1, 0.15) is 52.4 Å². The molecule has 0 spiro atoms. The predicted molar refractivity (Wildman–Crippen MR) is 156 cm³/mol. The van der Waals surface area contributed by atoms with E-state index in [9.17, 15) is 4.79 Å². The molecular weight excluding hydrogens is 468 g/mol. The molecule has 0 aliphatic heterocycles. The second-order valence-corrected chi connectivity index (χ2v) is 10.2. The van der Waals surface area contributed by atoms with Crippen molar-refractivity contribution in [2.24, 2.45) is 0 Å². The quantitative estimate of drug-likeness (QED) is 0.253. The number of hydrogen-bond acceptors (Lipinski definition) is 3. The molecular formula is C34H32N2O2. The molecule has 0 aliphatic rings. The summed E-state index contributed by atoms with van der Waals surface area (Å²) in [6, 6.07) is 29.8. The van der Waals surface area contributed by atoms with Crippen molar-refractivity contribution >= 4 is 22.5 Å². The van der Waals surface area contributed by atoms with Crippen molar-refractivity contribution in [1.82, 2.24) is 4.98 Å². The molecule has 0 fully saturated rings. The summed E-state index contributed by atoms with van der Waals surface area (Å²) in [7, 11) is 0. The van der Waals surface area contributed by atoms with Gasteiger partial charge in [-0.05, 0) is 85.8 Å². The maximum absolute atomic E-state index is 13.6. The van der Waals surface area contributed by atoms with E-state index in [1.54, 1.807) is 0 Å². The lowest BCUT2D eigenvalue weighted by atomic mass is 9.99. The van der Waals surface area contributed by atoms with Gasteiger partial charge in [0.05, 0.1) is 16.8 Å². The number of aromatic nitrogens is 1.